The summed E-state index contributed by atoms with van der Waals surface area (Å²) in [5.74, 6) is -2.09. The molecule has 7 nitrogen and oxygen atoms in total. The largest absolute Gasteiger partial charge is 0.418 e. The van der Waals surface area contributed by atoms with Crippen LogP contribution in [0.2, 0.25) is 5.02 Å². The quantitative estimate of drug-likeness (QED) is 0.313. The van der Waals surface area contributed by atoms with Crippen molar-refractivity contribution in [2.24, 2.45) is 4.99 Å². The zero-order chi connectivity index (χ0) is 24.9. The lowest BCUT2D eigenvalue weighted by atomic mass is 10.0. The first-order valence-electron chi connectivity index (χ1n) is 9.94. The summed E-state index contributed by atoms with van der Waals surface area (Å²) in [7, 11) is 0. The molecule has 0 fully saturated rings. The van der Waals surface area contributed by atoms with Gasteiger partial charge >= 0.3 is 6.18 Å². The Labute approximate surface area is 198 Å². The number of imidazole rings is 1. The number of aromatic nitrogens is 3. The van der Waals surface area contributed by atoms with Crippen molar-refractivity contribution in [2.75, 3.05) is 0 Å². The van der Waals surface area contributed by atoms with Gasteiger partial charge in [-0.3, -0.25) is 0 Å². The molecule has 1 unspecified atom stereocenters. The Morgan fingerprint density at radius 1 is 1.20 bits per heavy atom. The molecule has 5 rings (SSSR count). The molecule has 0 radical (unpaired) electrons. The predicted molar refractivity (Wildman–Crippen MR) is 115 cm³/mol. The molecule has 4 aromatic rings. The number of aliphatic imine (C=N–C) groups is 1. The molecule has 0 spiro atoms. The highest BCUT2D eigenvalue weighted by Crippen LogP contribution is 2.38. The van der Waals surface area contributed by atoms with Gasteiger partial charge in [0.1, 0.15) is 16.5 Å². The number of halogens is 6. The minimum absolute atomic E-state index is 0.00114. The molecule has 1 aliphatic rings. The summed E-state index contributed by atoms with van der Waals surface area (Å²) >= 11 is 6.05. The fraction of sp³-hybridized carbons (Fsp3) is 0.136. The van der Waals surface area contributed by atoms with Crippen molar-refractivity contribution in [3.8, 4) is 11.8 Å². The standard InChI is InChI=1S/C22H12ClF5N6O/c23-18-19(25)13(7-14(24)20(18)34-6-4-30-10-34)21-31-16(32-35-21)9-33-5-3-12-15(33)2-1-11(8-29)17(12)22(26,27)28/h1-7,10,16,32H,9H2. The van der Waals surface area contributed by atoms with E-state index in [1.54, 1.807) is 6.07 Å². The maximum absolute atomic E-state index is 15.0. The number of nitrogens with one attached hydrogen (secondary N) is 1. The third-order valence-corrected chi connectivity index (χ3v) is 5.76. The molecule has 2 aromatic carbocycles. The van der Waals surface area contributed by atoms with Crippen LogP contribution in [-0.4, -0.2) is 26.2 Å². The van der Waals surface area contributed by atoms with Crippen LogP contribution in [0.15, 0.2) is 54.2 Å². The number of benzene rings is 2. The van der Waals surface area contributed by atoms with E-state index < -0.39 is 40.1 Å². The normalized spacial score (nSPS) is 15.8. The molecular formula is C22H12ClF5N6O. The minimum Gasteiger partial charge on any atom is -0.386 e. The number of alkyl halides is 3. The first-order chi connectivity index (χ1) is 16.7. The van der Waals surface area contributed by atoms with Gasteiger partial charge in [-0.05, 0) is 24.3 Å². The Morgan fingerprint density at radius 2 is 2.00 bits per heavy atom. The van der Waals surface area contributed by atoms with Gasteiger partial charge in [0.2, 0.25) is 5.90 Å². The Morgan fingerprint density at radius 3 is 2.69 bits per heavy atom. The molecule has 178 valence electrons. The number of hydrogen-bond acceptors (Lipinski definition) is 5. The van der Waals surface area contributed by atoms with Crippen LogP contribution in [0.4, 0.5) is 22.0 Å². The highest BCUT2D eigenvalue weighted by Gasteiger charge is 2.36. The molecule has 35 heavy (non-hydrogen) atoms. The molecular weight excluding hydrogens is 495 g/mol. The number of fused-ring (bicyclic) bond motifs is 1. The van der Waals surface area contributed by atoms with E-state index >= 15 is 0 Å². The van der Waals surface area contributed by atoms with Crippen LogP contribution >= 0.6 is 11.6 Å². The maximum atomic E-state index is 15.0. The van der Waals surface area contributed by atoms with Crippen LogP contribution < -0.4 is 5.48 Å². The third kappa shape index (κ3) is 3.88. The van der Waals surface area contributed by atoms with Crippen LogP contribution in [0.1, 0.15) is 16.7 Å². The SMILES string of the molecule is N#Cc1ccc2c(ccn2CC2N=C(c3cc(F)c(-n4ccnc4)c(Cl)c3F)ON2)c1C(F)(F)F. The number of nitriles is 1. The van der Waals surface area contributed by atoms with E-state index in [2.05, 4.69) is 15.5 Å². The van der Waals surface area contributed by atoms with Crippen LogP contribution in [0.25, 0.3) is 16.6 Å². The van der Waals surface area contributed by atoms with Gasteiger partial charge in [-0.1, -0.05) is 11.6 Å². The minimum atomic E-state index is -4.72. The summed E-state index contributed by atoms with van der Waals surface area (Å²) in [6.45, 7) is 0.00114. The van der Waals surface area contributed by atoms with Crippen molar-refractivity contribution in [1.29, 1.82) is 5.26 Å². The van der Waals surface area contributed by atoms with Crippen LogP contribution in [0.5, 0.6) is 0 Å². The van der Waals surface area contributed by atoms with Crippen molar-refractivity contribution in [1.82, 2.24) is 19.6 Å². The maximum Gasteiger partial charge on any atom is 0.418 e. The molecule has 13 heteroatoms. The molecule has 1 aliphatic heterocycles. The lowest BCUT2D eigenvalue weighted by Gasteiger charge is -2.12. The summed E-state index contributed by atoms with van der Waals surface area (Å²) < 4.78 is 73.0. The zero-order valence-electron chi connectivity index (χ0n) is 17.3. The van der Waals surface area contributed by atoms with Crippen LogP contribution in [0, 0.1) is 23.0 Å². The van der Waals surface area contributed by atoms with Crippen molar-refractivity contribution in [3.63, 3.8) is 0 Å². The zero-order valence-corrected chi connectivity index (χ0v) is 18.1. The smallest absolute Gasteiger partial charge is 0.386 e. The molecule has 0 aliphatic carbocycles. The topological polar surface area (TPSA) is 80.2 Å². The molecule has 1 atom stereocenters. The molecule has 0 saturated carbocycles. The Kier molecular flexibility index (Phi) is 5.46. The van der Waals surface area contributed by atoms with Gasteiger partial charge in [0.25, 0.3) is 0 Å². The van der Waals surface area contributed by atoms with E-state index in [9.17, 15) is 22.0 Å². The van der Waals surface area contributed by atoms with Gasteiger partial charge in [0.15, 0.2) is 12.0 Å². The van der Waals surface area contributed by atoms with Crippen molar-refractivity contribution < 1.29 is 26.8 Å². The fourth-order valence-electron chi connectivity index (χ4n) is 3.91. The van der Waals surface area contributed by atoms with Gasteiger partial charge in [0.05, 0.1) is 35.6 Å². The average Bonchev–Trinajstić information content (AvgIpc) is 3.57. The van der Waals surface area contributed by atoms with Crippen LogP contribution in [0.3, 0.4) is 0 Å². The summed E-state index contributed by atoms with van der Waals surface area (Å²) in [4.78, 5) is 13.2. The second-order valence-electron chi connectivity index (χ2n) is 7.52. The molecule has 0 amide bonds. The van der Waals surface area contributed by atoms with E-state index in [-0.39, 0.29) is 34.6 Å². The Balaban J connectivity index is 1.47. The van der Waals surface area contributed by atoms with Gasteiger partial charge in [-0.2, -0.15) is 18.4 Å². The molecule has 2 aromatic heterocycles. The second-order valence-corrected chi connectivity index (χ2v) is 7.90. The predicted octanol–water partition coefficient (Wildman–Crippen LogP) is 4.96. The van der Waals surface area contributed by atoms with Gasteiger partial charge in [-0.15, -0.1) is 5.48 Å². The number of nitrogens with zero attached hydrogens (tertiary/aromatic N) is 5. The van der Waals surface area contributed by atoms with E-state index in [0.29, 0.717) is 0 Å². The monoisotopic (exact) mass is 506 g/mol. The fourth-order valence-corrected chi connectivity index (χ4v) is 4.20. The Hall–Kier alpha value is -3.95. The molecule has 3 heterocycles. The lowest BCUT2D eigenvalue weighted by Crippen LogP contribution is -2.26. The number of hydrogen-bond donors (Lipinski definition) is 1. The van der Waals surface area contributed by atoms with Crippen LogP contribution in [-0.2, 0) is 17.6 Å². The first kappa shape index (κ1) is 22.8. The number of rotatable bonds is 4. The highest BCUT2D eigenvalue weighted by molar-refractivity contribution is 6.33. The summed E-state index contributed by atoms with van der Waals surface area (Å²) in [6.07, 6.45) is -0.108. The van der Waals surface area contributed by atoms with Crippen molar-refractivity contribution >= 4 is 28.4 Å². The van der Waals surface area contributed by atoms with Crippen molar-refractivity contribution in [3.05, 3.63) is 82.5 Å². The van der Waals surface area contributed by atoms with Crippen molar-refractivity contribution in [2.45, 2.75) is 18.9 Å². The number of hydroxylamine groups is 1. The lowest BCUT2D eigenvalue weighted by molar-refractivity contribution is -0.136. The Bertz CT molecular complexity index is 1520. The second kappa shape index (κ2) is 8.37. The first-order valence-corrected chi connectivity index (χ1v) is 10.3. The van der Waals surface area contributed by atoms with Gasteiger partial charge < -0.3 is 14.0 Å². The average molecular weight is 507 g/mol. The third-order valence-electron chi connectivity index (χ3n) is 5.42. The van der Waals surface area contributed by atoms with E-state index in [4.69, 9.17) is 21.7 Å². The summed E-state index contributed by atoms with van der Waals surface area (Å²) in [5.41, 5.74) is 0.675. The summed E-state index contributed by atoms with van der Waals surface area (Å²) in [5, 5.41) is 8.43. The highest BCUT2D eigenvalue weighted by atomic mass is 35.5. The van der Waals surface area contributed by atoms with E-state index in [0.717, 1.165) is 12.1 Å². The molecule has 0 saturated heterocycles. The van der Waals surface area contributed by atoms with Gasteiger partial charge in [-0.25, -0.2) is 18.8 Å². The molecule has 0 bridgehead atoms. The summed E-state index contributed by atoms with van der Waals surface area (Å²) in [6, 6.07) is 6.18. The van der Waals surface area contributed by atoms with E-state index in [1.165, 1.54) is 46.2 Å². The van der Waals surface area contributed by atoms with Gasteiger partial charge in [0, 0.05) is 29.5 Å². The van der Waals surface area contributed by atoms with E-state index in [1.807, 2.05) is 0 Å². The molecule has 1 N–H and O–H groups in total.